The molecule has 4 heterocycles. The number of hydrogen-bond acceptors (Lipinski definition) is 6. The van der Waals surface area contributed by atoms with Crippen LogP contribution in [0.3, 0.4) is 0 Å². The largest absolute Gasteiger partial charge is 0.353 e. The van der Waals surface area contributed by atoms with Crippen LogP contribution in [0.15, 0.2) is 60.2 Å². The lowest BCUT2D eigenvalue weighted by molar-refractivity contribution is -0.123. The normalized spacial score (nSPS) is 16.1. The summed E-state index contributed by atoms with van der Waals surface area (Å²) in [5.41, 5.74) is 3.89. The summed E-state index contributed by atoms with van der Waals surface area (Å²) in [6, 6.07) is 15.1. The molecule has 1 aliphatic rings. The van der Waals surface area contributed by atoms with E-state index < -0.39 is 0 Å². The first-order valence-corrected chi connectivity index (χ1v) is 12.8. The minimum absolute atomic E-state index is 0.0414. The van der Waals surface area contributed by atoms with Gasteiger partial charge in [-0.1, -0.05) is 18.2 Å². The van der Waals surface area contributed by atoms with Crippen molar-refractivity contribution in [3.63, 3.8) is 0 Å². The van der Waals surface area contributed by atoms with E-state index in [1.807, 2.05) is 12.1 Å². The molecule has 1 saturated heterocycles. The van der Waals surface area contributed by atoms with Crippen molar-refractivity contribution in [2.75, 3.05) is 24.5 Å². The molecule has 5 aromatic rings. The van der Waals surface area contributed by atoms with Gasteiger partial charge in [-0.2, -0.15) is 0 Å². The molecule has 0 bridgehead atoms. The minimum atomic E-state index is -0.363. The Bertz CT molecular complexity index is 1580. The zero-order chi connectivity index (χ0) is 24.6. The van der Waals surface area contributed by atoms with E-state index in [2.05, 4.69) is 60.1 Å². The maximum atomic E-state index is 14.1. The summed E-state index contributed by atoms with van der Waals surface area (Å²) in [6.45, 7) is 4.08. The lowest BCUT2D eigenvalue weighted by Crippen LogP contribution is -2.57. The molecule has 0 radical (unpaired) electrons. The lowest BCUT2D eigenvalue weighted by Gasteiger charge is -2.34. The molecule has 7 nitrogen and oxygen atoms in total. The zero-order valence-corrected chi connectivity index (χ0v) is 20.5. The van der Waals surface area contributed by atoms with Gasteiger partial charge >= 0.3 is 0 Å². The number of nitrogens with one attached hydrogen (secondary N) is 3. The van der Waals surface area contributed by atoms with E-state index in [0.717, 1.165) is 28.0 Å². The number of aryl methyl sites for hydroxylation is 1. The highest BCUT2D eigenvalue weighted by Gasteiger charge is 2.27. The molecule has 36 heavy (non-hydrogen) atoms. The number of carbonyl (C=O) groups excluding carboxylic acids is 1. The average Bonchev–Trinajstić information content (AvgIpc) is 3.55. The highest BCUT2D eigenvalue weighted by Crippen LogP contribution is 2.30. The van der Waals surface area contributed by atoms with Gasteiger partial charge in [0.05, 0.1) is 5.39 Å². The second kappa shape index (κ2) is 9.33. The van der Waals surface area contributed by atoms with Crippen molar-refractivity contribution in [1.82, 2.24) is 25.6 Å². The standard InChI is InChI=1S/C27H25FN6OS/c1-16-2-4-18(11-21(16)28)22-12-20-25(33-22)31-15-32-26(20)34-8-7-29-23(14-34)27(35)30-13-17-3-5-24-19(10-17)6-9-36-24/h2-6,9-12,15,23,29H,7-8,13-14H2,1H3,(H,30,35)(H,31,32,33)/t23-/m0/s1. The smallest absolute Gasteiger partial charge is 0.239 e. The number of carbonyl (C=O) groups is 1. The van der Waals surface area contributed by atoms with Gasteiger partial charge in [0.2, 0.25) is 5.91 Å². The molecule has 1 amide bonds. The minimum Gasteiger partial charge on any atom is -0.353 e. The van der Waals surface area contributed by atoms with Gasteiger partial charge < -0.3 is 20.5 Å². The Morgan fingerprint density at radius 1 is 1.19 bits per heavy atom. The van der Waals surface area contributed by atoms with Gasteiger partial charge in [-0.25, -0.2) is 14.4 Å². The number of rotatable bonds is 5. The highest BCUT2D eigenvalue weighted by atomic mass is 32.1. The Morgan fingerprint density at radius 2 is 2.11 bits per heavy atom. The SMILES string of the molecule is Cc1ccc(-c2cc3c(N4CCN[C@H](C(=O)NCc5ccc6sccc6c5)C4)ncnc3[nH]2)cc1F. The second-order valence-electron chi connectivity index (χ2n) is 9.07. The van der Waals surface area contributed by atoms with Gasteiger partial charge in [0.25, 0.3) is 0 Å². The summed E-state index contributed by atoms with van der Waals surface area (Å²) in [5.74, 6) is 0.473. The predicted octanol–water partition coefficient (Wildman–Crippen LogP) is 4.38. The van der Waals surface area contributed by atoms with E-state index in [0.29, 0.717) is 37.4 Å². The summed E-state index contributed by atoms with van der Waals surface area (Å²) >= 11 is 1.71. The number of halogens is 1. The van der Waals surface area contributed by atoms with E-state index in [1.165, 1.54) is 22.5 Å². The fourth-order valence-electron chi connectivity index (χ4n) is 4.65. The molecular formula is C27H25FN6OS. The van der Waals surface area contributed by atoms with Crippen LogP contribution in [0.5, 0.6) is 0 Å². The molecule has 6 rings (SSSR count). The monoisotopic (exact) mass is 500 g/mol. The van der Waals surface area contributed by atoms with Crippen molar-refractivity contribution < 1.29 is 9.18 Å². The summed E-state index contributed by atoms with van der Waals surface area (Å²) in [4.78, 5) is 27.3. The lowest BCUT2D eigenvalue weighted by atomic mass is 10.1. The summed E-state index contributed by atoms with van der Waals surface area (Å²) < 4.78 is 15.4. The fraction of sp³-hybridized carbons (Fsp3) is 0.222. The number of H-pyrrole nitrogens is 1. The van der Waals surface area contributed by atoms with Crippen LogP contribution in [0.1, 0.15) is 11.1 Å². The van der Waals surface area contributed by atoms with Crippen molar-refractivity contribution in [1.29, 1.82) is 0 Å². The van der Waals surface area contributed by atoms with Crippen LogP contribution in [0.25, 0.3) is 32.4 Å². The number of benzene rings is 2. The van der Waals surface area contributed by atoms with Gasteiger partial charge in [0.15, 0.2) is 0 Å². The molecule has 182 valence electrons. The molecule has 1 fully saturated rings. The zero-order valence-electron chi connectivity index (χ0n) is 19.7. The predicted molar refractivity (Wildman–Crippen MR) is 142 cm³/mol. The average molecular weight is 501 g/mol. The van der Waals surface area contributed by atoms with Crippen molar-refractivity contribution in [2.24, 2.45) is 0 Å². The number of amides is 1. The maximum Gasteiger partial charge on any atom is 0.239 e. The molecule has 3 aromatic heterocycles. The maximum absolute atomic E-state index is 14.1. The van der Waals surface area contributed by atoms with E-state index in [4.69, 9.17) is 0 Å². The van der Waals surface area contributed by atoms with Crippen LogP contribution < -0.4 is 15.5 Å². The van der Waals surface area contributed by atoms with Crippen LogP contribution in [-0.2, 0) is 11.3 Å². The third-order valence-corrected chi connectivity index (χ3v) is 7.56. The van der Waals surface area contributed by atoms with Gasteiger partial charge in [0.1, 0.15) is 29.7 Å². The van der Waals surface area contributed by atoms with Crippen LogP contribution in [0.2, 0.25) is 0 Å². The van der Waals surface area contributed by atoms with Crippen molar-refractivity contribution in [3.05, 3.63) is 77.2 Å². The Kier molecular flexibility index (Phi) is 5.86. The topological polar surface area (TPSA) is 85.9 Å². The van der Waals surface area contributed by atoms with Crippen molar-refractivity contribution in [2.45, 2.75) is 19.5 Å². The highest BCUT2D eigenvalue weighted by molar-refractivity contribution is 7.17. The Hall–Kier alpha value is -3.82. The van der Waals surface area contributed by atoms with Crippen LogP contribution in [-0.4, -0.2) is 46.5 Å². The van der Waals surface area contributed by atoms with E-state index in [9.17, 15) is 9.18 Å². The van der Waals surface area contributed by atoms with E-state index in [1.54, 1.807) is 24.3 Å². The molecule has 0 aliphatic carbocycles. The number of hydrogen-bond donors (Lipinski definition) is 3. The quantitative estimate of drug-likeness (QED) is 0.334. The van der Waals surface area contributed by atoms with Crippen molar-refractivity contribution in [3.8, 4) is 11.3 Å². The molecule has 9 heteroatoms. The van der Waals surface area contributed by atoms with Gasteiger partial charge in [-0.05, 0) is 59.1 Å². The fourth-order valence-corrected chi connectivity index (χ4v) is 5.42. The van der Waals surface area contributed by atoms with Crippen LogP contribution in [0.4, 0.5) is 10.2 Å². The van der Waals surface area contributed by atoms with E-state index in [-0.39, 0.29) is 17.8 Å². The Balaban J connectivity index is 1.19. The summed E-state index contributed by atoms with van der Waals surface area (Å²) in [5, 5.41) is 10.5. The number of fused-ring (bicyclic) bond motifs is 2. The number of thiophene rings is 1. The molecule has 1 aliphatic heterocycles. The van der Waals surface area contributed by atoms with Crippen LogP contribution >= 0.6 is 11.3 Å². The van der Waals surface area contributed by atoms with Crippen molar-refractivity contribution >= 4 is 44.2 Å². The van der Waals surface area contributed by atoms with E-state index >= 15 is 0 Å². The number of nitrogens with zero attached hydrogens (tertiary/aromatic N) is 3. The number of piperazine rings is 1. The molecule has 0 spiro atoms. The van der Waals surface area contributed by atoms with Gasteiger partial charge in [0, 0.05) is 42.1 Å². The number of anilines is 1. The number of aromatic nitrogens is 3. The first-order valence-electron chi connectivity index (χ1n) is 11.9. The summed E-state index contributed by atoms with van der Waals surface area (Å²) in [6.07, 6.45) is 1.52. The summed E-state index contributed by atoms with van der Waals surface area (Å²) in [7, 11) is 0. The molecule has 0 unspecified atom stereocenters. The first kappa shape index (κ1) is 22.6. The molecule has 1 atom stereocenters. The van der Waals surface area contributed by atoms with Gasteiger partial charge in [-0.15, -0.1) is 11.3 Å². The third kappa shape index (κ3) is 4.31. The van der Waals surface area contributed by atoms with Crippen LogP contribution in [0, 0.1) is 12.7 Å². The molecular weight excluding hydrogens is 475 g/mol. The first-order chi connectivity index (χ1) is 17.5. The van der Waals surface area contributed by atoms with Gasteiger partial charge in [-0.3, -0.25) is 4.79 Å². The molecule has 0 saturated carbocycles. The molecule has 3 N–H and O–H groups in total. The molecule has 2 aromatic carbocycles. The second-order valence-corrected chi connectivity index (χ2v) is 10.0. The third-order valence-electron chi connectivity index (χ3n) is 6.66. The Labute approximate surface area is 211 Å². The number of aromatic amines is 1. The Morgan fingerprint density at radius 3 is 3.00 bits per heavy atom.